The van der Waals surface area contributed by atoms with Gasteiger partial charge in [-0.3, -0.25) is 4.79 Å². The average Bonchev–Trinajstić information content (AvgIpc) is 3.13. The minimum atomic E-state index is -1.89. The molecule has 3 aliphatic carbocycles. The molecule has 27 heavy (non-hydrogen) atoms. The van der Waals surface area contributed by atoms with Crippen LogP contribution in [0.4, 0.5) is 0 Å². The first kappa shape index (κ1) is 21.2. The molecular formula is C22H38O4Si. The SMILES string of the molecule is COCO[C@@H]1C[C@@H]2CCC3=C2[C@@H]1CCC(=O)CC[C@H]3O[Si](C)(C)C(C)(C)C. The highest BCUT2D eigenvalue weighted by atomic mass is 28.4. The zero-order valence-electron chi connectivity index (χ0n) is 18.1. The third kappa shape index (κ3) is 4.41. The smallest absolute Gasteiger partial charge is 0.192 e. The standard InChI is InChI=1S/C22H38O4Si/c1-22(2,3)27(5,6)26-19-12-9-16(23)8-11-18-20(25-14-24-4)13-15-7-10-17(19)21(15)18/h15,18-20H,7-14H2,1-6H3/t15-,18+,19+,20+/m0/s1. The normalized spacial score (nSPS) is 32.3. The van der Waals surface area contributed by atoms with Crippen molar-refractivity contribution in [2.45, 2.75) is 96.1 Å². The quantitative estimate of drug-likeness (QED) is 0.363. The van der Waals surface area contributed by atoms with Gasteiger partial charge < -0.3 is 13.9 Å². The maximum absolute atomic E-state index is 12.5. The van der Waals surface area contributed by atoms with E-state index in [-0.39, 0.29) is 17.2 Å². The number of hydrogen-bond donors (Lipinski definition) is 0. The van der Waals surface area contributed by atoms with Gasteiger partial charge in [0.15, 0.2) is 8.32 Å². The van der Waals surface area contributed by atoms with E-state index in [1.165, 1.54) is 12.0 Å². The molecule has 0 aromatic rings. The molecule has 0 radical (unpaired) electrons. The number of hydrogen-bond acceptors (Lipinski definition) is 4. The van der Waals surface area contributed by atoms with Crippen LogP contribution < -0.4 is 0 Å². The summed E-state index contributed by atoms with van der Waals surface area (Å²) in [6, 6.07) is 0. The Hall–Kier alpha value is -0.493. The van der Waals surface area contributed by atoms with Crippen molar-refractivity contribution in [3.05, 3.63) is 11.1 Å². The van der Waals surface area contributed by atoms with Gasteiger partial charge in [0.05, 0.1) is 12.2 Å². The van der Waals surface area contributed by atoms with Gasteiger partial charge in [-0.15, -0.1) is 0 Å². The number of ether oxygens (including phenoxy) is 2. The van der Waals surface area contributed by atoms with Gasteiger partial charge in [0.1, 0.15) is 12.6 Å². The van der Waals surface area contributed by atoms with Gasteiger partial charge in [0.25, 0.3) is 0 Å². The van der Waals surface area contributed by atoms with Gasteiger partial charge in [0.2, 0.25) is 0 Å². The predicted molar refractivity (Wildman–Crippen MR) is 110 cm³/mol. The van der Waals surface area contributed by atoms with Crippen LogP contribution in [0.25, 0.3) is 0 Å². The Bertz CT molecular complexity index is 590. The first-order chi connectivity index (χ1) is 12.6. The second-order valence-electron chi connectivity index (χ2n) is 10.2. The number of methoxy groups -OCH3 is 1. The molecule has 0 aliphatic heterocycles. The molecule has 0 N–H and O–H groups in total. The predicted octanol–water partition coefficient (Wildman–Crippen LogP) is 5.24. The van der Waals surface area contributed by atoms with Crippen molar-refractivity contribution in [2.75, 3.05) is 13.9 Å². The van der Waals surface area contributed by atoms with Crippen LogP contribution in [0.15, 0.2) is 11.1 Å². The number of rotatable bonds is 5. The molecule has 0 bridgehead atoms. The molecule has 0 aromatic carbocycles. The van der Waals surface area contributed by atoms with Gasteiger partial charge in [-0.05, 0) is 61.7 Å². The van der Waals surface area contributed by atoms with Crippen LogP contribution in [0.3, 0.4) is 0 Å². The minimum absolute atomic E-state index is 0.122. The van der Waals surface area contributed by atoms with Crippen LogP contribution in [0, 0.1) is 11.8 Å². The van der Waals surface area contributed by atoms with Crippen LogP contribution >= 0.6 is 0 Å². The van der Waals surface area contributed by atoms with Crippen molar-refractivity contribution in [2.24, 2.45) is 11.8 Å². The fraction of sp³-hybridized carbons (Fsp3) is 0.864. The summed E-state index contributed by atoms with van der Waals surface area (Å²) in [4.78, 5) is 12.5. The number of Topliss-reactive ketones (excluding diaryl/α,β-unsaturated/α-hetero) is 1. The van der Waals surface area contributed by atoms with Gasteiger partial charge in [0, 0.05) is 25.9 Å². The molecule has 4 atom stereocenters. The Morgan fingerprint density at radius 1 is 1.07 bits per heavy atom. The summed E-state index contributed by atoms with van der Waals surface area (Å²) >= 11 is 0. The first-order valence-electron chi connectivity index (χ1n) is 10.7. The van der Waals surface area contributed by atoms with E-state index in [0.717, 1.165) is 25.7 Å². The molecule has 4 nitrogen and oxygen atoms in total. The Morgan fingerprint density at radius 2 is 1.78 bits per heavy atom. The van der Waals surface area contributed by atoms with Crippen molar-refractivity contribution in [3.8, 4) is 0 Å². The van der Waals surface area contributed by atoms with E-state index in [4.69, 9.17) is 13.9 Å². The van der Waals surface area contributed by atoms with E-state index in [2.05, 4.69) is 33.9 Å². The van der Waals surface area contributed by atoms with Crippen molar-refractivity contribution >= 4 is 14.1 Å². The molecule has 1 fully saturated rings. The lowest BCUT2D eigenvalue weighted by Gasteiger charge is -2.40. The highest BCUT2D eigenvalue weighted by Crippen LogP contribution is 2.52. The molecule has 0 spiro atoms. The van der Waals surface area contributed by atoms with Crippen LogP contribution in [-0.2, 0) is 18.7 Å². The third-order valence-corrected chi connectivity index (χ3v) is 11.9. The summed E-state index contributed by atoms with van der Waals surface area (Å²) in [6.45, 7) is 11.9. The Labute approximate surface area is 166 Å². The Kier molecular flexibility index (Phi) is 6.36. The summed E-state index contributed by atoms with van der Waals surface area (Å²) in [5, 5.41) is 0.178. The topological polar surface area (TPSA) is 44.8 Å². The van der Waals surface area contributed by atoms with Crippen molar-refractivity contribution in [3.63, 3.8) is 0 Å². The molecule has 154 valence electrons. The van der Waals surface area contributed by atoms with Crippen molar-refractivity contribution in [1.82, 2.24) is 0 Å². The molecule has 1 saturated carbocycles. The molecule has 0 saturated heterocycles. The monoisotopic (exact) mass is 394 g/mol. The van der Waals surface area contributed by atoms with Crippen LogP contribution in [0.2, 0.25) is 18.1 Å². The fourth-order valence-corrected chi connectivity index (χ4v) is 6.25. The minimum Gasteiger partial charge on any atom is -0.410 e. The molecule has 5 heteroatoms. The number of ketones is 1. The van der Waals surface area contributed by atoms with Crippen LogP contribution in [-0.4, -0.2) is 40.2 Å². The lowest BCUT2D eigenvalue weighted by Crippen LogP contribution is -2.44. The number of carbonyl (C=O) groups excluding carboxylic acids is 1. The van der Waals surface area contributed by atoms with E-state index >= 15 is 0 Å². The van der Waals surface area contributed by atoms with Crippen LogP contribution in [0.5, 0.6) is 0 Å². The zero-order valence-corrected chi connectivity index (χ0v) is 19.1. The van der Waals surface area contributed by atoms with E-state index in [1.54, 1.807) is 12.7 Å². The highest BCUT2D eigenvalue weighted by Gasteiger charge is 2.47. The lowest BCUT2D eigenvalue weighted by atomic mass is 9.90. The average molecular weight is 395 g/mol. The summed E-state index contributed by atoms with van der Waals surface area (Å²) in [7, 11) is -0.211. The number of carbonyl (C=O) groups is 1. The maximum Gasteiger partial charge on any atom is 0.192 e. The molecular weight excluding hydrogens is 356 g/mol. The van der Waals surface area contributed by atoms with Gasteiger partial charge >= 0.3 is 0 Å². The third-order valence-electron chi connectivity index (χ3n) is 7.39. The molecule has 3 aliphatic rings. The van der Waals surface area contributed by atoms with E-state index in [0.29, 0.717) is 37.3 Å². The highest BCUT2D eigenvalue weighted by molar-refractivity contribution is 6.74. The van der Waals surface area contributed by atoms with Crippen LogP contribution in [0.1, 0.15) is 65.7 Å². The molecule has 0 amide bonds. The van der Waals surface area contributed by atoms with Crippen molar-refractivity contribution < 1.29 is 18.7 Å². The lowest BCUT2D eigenvalue weighted by molar-refractivity contribution is -0.120. The zero-order chi connectivity index (χ0) is 19.8. The van der Waals surface area contributed by atoms with Gasteiger partial charge in [-0.1, -0.05) is 26.3 Å². The summed E-state index contributed by atoms with van der Waals surface area (Å²) in [5.74, 6) is 1.37. The summed E-state index contributed by atoms with van der Waals surface area (Å²) in [6.07, 6.45) is 6.86. The van der Waals surface area contributed by atoms with E-state index in [1.807, 2.05) is 0 Å². The largest absolute Gasteiger partial charge is 0.410 e. The van der Waals surface area contributed by atoms with E-state index in [9.17, 15) is 4.79 Å². The van der Waals surface area contributed by atoms with E-state index < -0.39 is 8.32 Å². The second-order valence-corrected chi connectivity index (χ2v) is 14.9. The fourth-order valence-electron chi connectivity index (χ4n) is 4.92. The molecule has 0 aromatic heterocycles. The molecule has 0 heterocycles. The molecule has 3 rings (SSSR count). The van der Waals surface area contributed by atoms with Crippen molar-refractivity contribution in [1.29, 1.82) is 0 Å². The Morgan fingerprint density at radius 3 is 2.44 bits per heavy atom. The Balaban J connectivity index is 1.91. The van der Waals surface area contributed by atoms with Gasteiger partial charge in [-0.25, -0.2) is 0 Å². The maximum atomic E-state index is 12.5. The molecule has 0 unspecified atom stereocenters. The second kappa shape index (κ2) is 8.09. The summed E-state index contributed by atoms with van der Waals surface area (Å²) < 4.78 is 18.1. The first-order valence-corrected chi connectivity index (χ1v) is 13.6. The van der Waals surface area contributed by atoms with Gasteiger partial charge in [-0.2, -0.15) is 0 Å². The summed E-state index contributed by atoms with van der Waals surface area (Å²) in [5.41, 5.74) is 3.11.